The number of amides is 1. The molecule has 0 saturated carbocycles. The van der Waals surface area contributed by atoms with Crippen LogP contribution in [0.1, 0.15) is 30.4 Å². The summed E-state index contributed by atoms with van der Waals surface area (Å²) in [5.74, 6) is -0.797. The van der Waals surface area contributed by atoms with Gasteiger partial charge < -0.3 is 5.32 Å². The van der Waals surface area contributed by atoms with E-state index in [1.54, 1.807) is 18.5 Å². The first-order valence-electron chi connectivity index (χ1n) is 8.28. The van der Waals surface area contributed by atoms with Crippen LogP contribution in [0.5, 0.6) is 0 Å². The number of hydrogen-bond acceptors (Lipinski definition) is 3. The van der Waals surface area contributed by atoms with Crippen LogP contribution in [-0.4, -0.2) is 32.0 Å². The predicted octanol–water partition coefficient (Wildman–Crippen LogP) is 3.86. The summed E-state index contributed by atoms with van der Waals surface area (Å²) in [7, 11) is 0. The molecule has 0 radical (unpaired) electrons. The van der Waals surface area contributed by atoms with Crippen LogP contribution in [0, 0.1) is 19.8 Å². The van der Waals surface area contributed by atoms with Crippen molar-refractivity contribution in [2.24, 2.45) is 5.92 Å². The largest absolute Gasteiger partial charge is 0.435 e. The molecule has 0 fully saturated rings. The first-order chi connectivity index (χ1) is 12.5. The van der Waals surface area contributed by atoms with E-state index in [4.69, 9.17) is 23.2 Å². The van der Waals surface area contributed by atoms with Crippen molar-refractivity contribution in [1.29, 1.82) is 0 Å². The Labute approximate surface area is 164 Å². The highest BCUT2D eigenvalue weighted by molar-refractivity contribution is 6.41. The third-order valence-corrected chi connectivity index (χ3v) is 4.94. The topological polar surface area (TPSA) is 64.7 Å². The second kappa shape index (κ2) is 8.52. The normalized spacial score (nSPS) is 13.0. The molecule has 0 aromatic carbocycles. The predicted molar refractivity (Wildman–Crippen MR) is 95.7 cm³/mol. The summed E-state index contributed by atoms with van der Waals surface area (Å²) in [5, 5.41) is 11.2. The first kappa shape index (κ1) is 21.6. The Kier molecular flexibility index (Phi) is 6.80. The van der Waals surface area contributed by atoms with Gasteiger partial charge in [-0.3, -0.25) is 14.2 Å². The van der Waals surface area contributed by atoms with Gasteiger partial charge in [0.15, 0.2) is 5.69 Å². The standard InChI is InChI=1S/C16H20Cl2F3N5O/c1-9(8-26-10(2)7-12(24-26)16(19,20)21)15(27)22-5-4-6-25-14(18)13(17)11(3)23-25/h7,9H,4-6,8H2,1-3H3,(H,22,27). The zero-order chi connectivity index (χ0) is 20.4. The SMILES string of the molecule is Cc1nn(CCCNC(=O)C(C)Cn2nc(C(F)(F)F)cc2C)c(Cl)c1Cl. The number of aromatic nitrogens is 4. The quantitative estimate of drug-likeness (QED) is 0.684. The van der Waals surface area contributed by atoms with Crippen molar-refractivity contribution >= 4 is 29.1 Å². The van der Waals surface area contributed by atoms with Gasteiger partial charge >= 0.3 is 6.18 Å². The van der Waals surface area contributed by atoms with E-state index in [0.717, 1.165) is 6.07 Å². The molecule has 150 valence electrons. The fourth-order valence-corrected chi connectivity index (χ4v) is 2.86. The lowest BCUT2D eigenvalue weighted by Crippen LogP contribution is -2.33. The molecule has 0 aliphatic heterocycles. The highest BCUT2D eigenvalue weighted by Crippen LogP contribution is 2.28. The van der Waals surface area contributed by atoms with E-state index in [0.29, 0.717) is 41.1 Å². The van der Waals surface area contributed by atoms with Gasteiger partial charge in [-0.25, -0.2) is 0 Å². The minimum Gasteiger partial charge on any atom is -0.356 e. The van der Waals surface area contributed by atoms with E-state index in [1.807, 2.05) is 0 Å². The van der Waals surface area contributed by atoms with Gasteiger partial charge in [-0.05, 0) is 26.3 Å². The Balaban J connectivity index is 1.82. The van der Waals surface area contributed by atoms with E-state index in [2.05, 4.69) is 15.5 Å². The smallest absolute Gasteiger partial charge is 0.356 e. The van der Waals surface area contributed by atoms with Crippen LogP contribution in [0.15, 0.2) is 6.07 Å². The van der Waals surface area contributed by atoms with Crippen LogP contribution in [0.3, 0.4) is 0 Å². The molecule has 27 heavy (non-hydrogen) atoms. The minimum absolute atomic E-state index is 0.0630. The van der Waals surface area contributed by atoms with Gasteiger partial charge in [-0.15, -0.1) is 0 Å². The number of nitrogens with zero attached hydrogens (tertiary/aromatic N) is 4. The summed E-state index contributed by atoms with van der Waals surface area (Å²) in [4.78, 5) is 12.2. The molecular weight excluding hydrogens is 406 g/mol. The molecular formula is C16H20Cl2F3N5O. The van der Waals surface area contributed by atoms with E-state index < -0.39 is 17.8 Å². The van der Waals surface area contributed by atoms with Crippen molar-refractivity contribution in [2.75, 3.05) is 6.54 Å². The average molecular weight is 426 g/mol. The number of carbonyl (C=O) groups excluding carboxylic acids is 1. The molecule has 6 nitrogen and oxygen atoms in total. The summed E-state index contributed by atoms with van der Waals surface area (Å²) in [6.07, 6.45) is -3.93. The molecule has 1 amide bonds. The van der Waals surface area contributed by atoms with Crippen molar-refractivity contribution < 1.29 is 18.0 Å². The maximum atomic E-state index is 12.7. The highest BCUT2D eigenvalue weighted by Gasteiger charge is 2.34. The average Bonchev–Trinajstić information content (AvgIpc) is 3.06. The molecule has 0 aliphatic carbocycles. The molecule has 2 heterocycles. The van der Waals surface area contributed by atoms with Crippen molar-refractivity contribution in [3.63, 3.8) is 0 Å². The summed E-state index contributed by atoms with van der Waals surface area (Å²) in [5.41, 5.74) is 0.0207. The molecule has 2 aromatic rings. The number of nitrogens with one attached hydrogen (secondary N) is 1. The van der Waals surface area contributed by atoms with Crippen molar-refractivity contribution in [2.45, 2.75) is 46.5 Å². The zero-order valence-corrected chi connectivity index (χ0v) is 16.6. The lowest BCUT2D eigenvalue weighted by atomic mass is 10.1. The summed E-state index contributed by atoms with van der Waals surface area (Å²) in [6, 6.07) is 0.964. The number of hydrogen-bond donors (Lipinski definition) is 1. The van der Waals surface area contributed by atoms with E-state index >= 15 is 0 Å². The number of rotatable bonds is 7. The second-order valence-electron chi connectivity index (χ2n) is 6.31. The minimum atomic E-state index is -4.50. The monoisotopic (exact) mass is 425 g/mol. The maximum absolute atomic E-state index is 12.7. The fourth-order valence-electron chi connectivity index (χ4n) is 2.47. The molecule has 1 unspecified atom stereocenters. The van der Waals surface area contributed by atoms with Gasteiger partial charge in [-0.1, -0.05) is 30.1 Å². The number of carbonyl (C=O) groups is 1. The fraction of sp³-hybridized carbons (Fsp3) is 0.562. The number of halogens is 5. The highest BCUT2D eigenvalue weighted by atomic mass is 35.5. The van der Waals surface area contributed by atoms with Crippen molar-refractivity contribution in [1.82, 2.24) is 24.9 Å². The Morgan fingerprint density at radius 2 is 1.93 bits per heavy atom. The van der Waals surface area contributed by atoms with Crippen LogP contribution in [0.25, 0.3) is 0 Å². The van der Waals surface area contributed by atoms with E-state index in [9.17, 15) is 18.0 Å². The van der Waals surface area contributed by atoms with Crippen molar-refractivity contribution in [3.05, 3.63) is 33.3 Å². The molecule has 1 N–H and O–H groups in total. The first-order valence-corrected chi connectivity index (χ1v) is 9.04. The summed E-state index contributed by atoms with van der Waals surface area (Å²) in [6.45, 7) is 5.82. The Morgan fingerprint density at radius 3 is 2.44 bits per heavy atom. The van der Waals surface area contributed by atoms with Crippen LogP contribution in [0.4, 0.5) is 13.2 Å². The number of alkyl halides is 3. The van der Waals surface area contributed by atoms with Crippen LogP contribution in [0.2, 0.25) is 10.2 Å². The van der Waals surface area contributed by atoms with Gasteiger partial charge in [0, 0.05) is 18.8 Å². The van der Waals surface area contributed by atoms with Crippen LogP contribution < -0.4 is 5.32 Å². The third-order valence-electron chi connectivity index (χ3n) is 4.01. The van der Waals surface area contributed by atoms with Gasteiger partial charge in [0.2, 0.25) is 5.91 Å². The number of aryl methyl sites for hydroxylation is 3. The Bertz CT molecular complexity index is 816. The molecule has 0 saturated heterocycles. The van der Waals surface area contributed by atoms with Crippen LogP contribution >= 0.6 is 23.2 Å². The summed E-state index contributed by atoms with van der Waals surface area (Å²) >= 11 is 12.0. The molecule has 2 aromatic heterocycles. The molecule has 0 bridgehead atoms. The van der Waals surface area contributed by atoms with Gasteiger partial charge in [0.1, 0.15) is 10.2 Å². The third kappa shape index (κ3) is 5.38. The van der Waals surface area contributed by atoms with Crippen LogP contribution in [-0.2, 0) is 24.1 Å². The maximum Gasteiger partial charge on any atom is 0.435 e. The van der Waals surface area contributed by atoms with E-state index in [-0.39, 0.29) is 12.5 Å². The van der Waals surface area contributed by atoms with Gasteiger partial charge in [0.25, 0.3) is 0 Å². The van der Waals surface area contributed by atoms with Gasteiger partial charge in [-0.2, -0.15) is 23.4 Å². The molecule has 0 aliphatic rings. The lowest BCUT2D eigenvalue weighted by molar-refractivity contribution is -0.141. The Hall–Kier alpha value is -1.74. The molecule has 2 rings (SSSR count). The van der Waals surface area contributed by atoms with E-state index in [1.165, 1.54) is 11.6 Å². The summed E-state index contributed by atoms with van der Waals surface area (Å²) < 4.78 is 40.8. The van der Waals surface area contributed by atoms with Gasteiger partial charge in [0.05, 0.1) is 18.2 Å². The second-order valence-corrected chi connectivity index (χ2v) is 7.05. The van der Waals surface area contributed by atoms with Crippen molar-refractivity contribution in [3.8, 4) is 0 Å². The molecule has 11 heteroatoms. The lowest BCUT2D eigenvalue weighted by Gasteiger charge is -2.13. The Morgan fingerprint density at radius 1 is 1.26 bits per heavy atom. The molecule has 0 spiro atoms. The zero-order valence-electron chi connectivity index (χ0n) is 15.1. The molecule has 1 atom stereocenters.